The summed E-state index contributed by atoms with van der Waals surface area (Å²) in [5, 5.41) is 0. The molecule has 1 aliphatic rings. The van der Waals surface area contributed by atoms with Crippen molar-refractivity contribution in [3.8, 4) is 0 Å². The van der Waals surface area contributed by atoms with Gasteiger partial charge in [0.05, 0.1) is 0 Å². The first-order chi connectivity index (χ1) is 5.72. The van der Waals surface area contributed by atoms with Crippen molar-refractivity contribution in [1.29, 1.82) is 0 Å². The van der Waals surface area contributed by atoms with Gasteiger partial charge in [0.15, 0.2) is 0 Å². The normalized spacial score (nSPS) is 27.8. The van der Waals surface area contributed by atoms with Crippen LogP contribution in [0.5, 0.6) is 0 Å². The number of hydrogen-bond donors (Lipinski definition) is 1. The zero-order valence-corrected chi connectivity index (χ0v) is 8.42. The Kier molecular flexibility index (Phi) is 4.02. The Hall–Kier alpha value is -0.0800. The average molecular weight is 170 g/mol. The molecule has 1 heterocycles. The van der Waals surface area contributed by atoms with Gasteiger partial charge in [0.1, 0.15) is 0 Å². The van der Waals surface area contributed by atoms with Crippen LogP contribution in [0.2, 0.25) is 0 Å². The maximum absolute atomic E-state index is 5.83. The molecule has 0 amide bonds. The first kappa shape index (κ1) is 10.0. The van der Waals surface area contributed by atoms with Gasteiger partial charge in [-0.25, -0.2) is 0 Å². The summed E-state index contributed by atoms with van der Waals surface area (Å²) >= 11 is 0. The first-order valence-corrected chi connectivity index (χ1v) is 5.20. The highest BCUT2D eigenvalue weighted by molar-refractivity contribution is 4.78. The largest absolute Gasteiger partial charge is 0.326 e. The lowest BCUT2D eigenvalue weighted by molar-refractivity contribution is 0.276. The van der Waals surface area contributed by atoms with Gasteiger partial charge in [-0.15, -0.1) is 0 Å². The second-order valence-electron chi connectivity index (χ2n) is 4.20. The average Bonchev–Trinajstić information content (AvgIpc) is 2.36. The van der Waals surface area contributed by atoms with Crippen LogP contribution in [-0.2, 0) is 0 Å². The Bertz CT molecular complexity index is 125. The third-order valence-corrected chi connectivity index (χ3v) is 2.66. The molecule has 72 valence electrons. The van der Waals surface area contributed by atoms with Gasteiger partial charge in [0.2, 0.25) is 0 Å². The van der Waals surface area contributed by atoms with Crippen LogP contribution in [0.1, 0.15) is 33.1 Å². The van der Waals surface area contributed by atoms with Crippen molar-refractivity contribution in [3.05, 3.63) is 0 Å². The van der Waals surface area contributed by atoms with Crippen LogP contribution < -0.4 is 5.73 Å². The molecular weight excluding hydrogens is 148 g/mol. The number of nitrogens with two attached hydrogens (primary N) is 1. The molecule has 0 spiro atoms. The zero-order chi connectivity index (χ0) is 8.97. The summed E-state index contributed by atoms with van der Waals surface area (Å²) < 4.78 is 0. The second-order valence-corrected chi connectivity index (χ2v) is 4.20. The smallest absolute Gasteiger partial charge is 0.0180 e. The Morgan fingerprint density at radius 3 is 2.83 bits per heavy atom. The summed E-state index contributed by atoms with van der Waals surface area (Å²) in [7, 11) is 0. The van der Waals surface area contributed by atoms with Crippen LogP contribution in [0, 0.1) is 5.92 Å². The first-order valence-electron chi connectivity index (χ1n) is 5.20. The topological polar surface area (TPSA) is 29.3 Å². The molecule has 0 bridgehead atoms. The van der Waals surface area contributed by atoms with Gasteiger partial charge in [-0.3, -0.25) is 0 Å². The summed E-state index contributed by atoms with van der Waals surface area (Å²) in [5.41, 5.74) is 5.83. The fourth-order valence-corrected chi connectivity index (χ4v) is 2.05. The predicted molar refractivity (Wildman–Crippen MR) is 53.1 cm³/mol. The summed E-state index contributed by atoms with van der Waals surface area (Å²) in [6.45, 7) is 8.18. The third kappa shape index (κ3) is 3.11. The molecule has 0 aromatic rings. The van der Waals surface area contributed by atoms with E-state index in [9.17, 15) is 0 Å². The molecule has 0 radical (unpaired) electrons. The SMILES string of the molecule is CCCC(C)CN1CC[C@H](N)C1. The molecule has 2 nitrogen and oxygen atoms in total. The molecule has 2 atom stereocenters. The maximum atomic E-state index is 5.83. The van der Waals surface area contributed by atoms with Gasteiger partial charge in [-0.2, -0.15) is 0 Å². The lowest BCUT2D eigenvalue weighted by Gasteiger charge is -2.19. The van der Waals surface area contributed by atoms with E-state index in [1.165, 1.54) is 32.4 Å². The Labute approximate surface area is 76.1 Å². The molecule has 0 aromatic carbocycles. The van der Waals surface area contributed by atoms with E-state index in [1.54, 1.807) is 0 Å². The second kappa shape index (κ2) is 4.83. The van der Waals surface area contributed by atoms with Crippen LogP contribution in [0.15, 0.2) is 0 Å². The lowest BCUT2D eigenvalue weighted by Crippen LogP contribution is -2.29. The fraction of sp³-hybridized carbons (Fsp3) is 1.00. The van der Waals surface area contributed by atoms with E-state index in [1.807, 2.05) is 0 Å². The summed E-state index contributed by atoms with van der Waals surface area (Å²) in [6.07, 6.45) is 3.85. The molecule has 2 heteroatoms. The van der Waals surface area contributed by atoms with Crippen LogP contribution in [0.4, 0.5) is 0 Å². The van der Waals surface area contributed by atoms with E-state index in [0.717, 1.165) is 12.5 Å². The molecule has 1 aliphatic heterocycles. The van der Waals surface area contributed by atoms with Crippen molar-refractivity contribution >= 4 is 0 Å². The number of hydrogen-bond acceptors (Lipinski definition) is 2. The van der Waals surface area contributed by atoms with E-state index in [-0.39, 0.29) is 0 Å². The third-order valence-electron chi connectivity index (χ3n) is 2.66. The van der Waals surface area contributed by atoms with Crippen molar-refractivity contribution in [1.82, 2.24) is 4.90 Å². The fourth-order valence-electron chi connectivity index (χ4n) is 2.05. The van der Waals surface area contributed by atoms with Crippen molar-refractivity contribution < 1.29 is 0 Å². The monoisotopic (exact) mass is 170 g/mol. The molecule has 1 unspecified atom stereocenters. The van der Waals surface area contributed by atoms with Crippen LogP contribution >= 0.6 is 0 Å². The number of rotatable bonds is 4. The van der Waals surface area contributed by atoms with E-state index < -0.39 is 0 Å². The molecule has 0 saturated carbocycles. The minimum atomic E-state index is 0.443. The van der Waals surface area contributed by atoms with Crippen molar-refractivity contribution in [3.63, 3.8) is 0 Å². The van der Waals surface area contributed by atoms with E-state index in [4.69, 9.17) is 5.73 Å². The molecular formula is C10H22N2. The zero-order valence-electron chi connectivity index (χ0n) is 8.42. The molecule has 1 rings (SSSR count). The highest BCUT2D eigenvalue weighted by atomic mass is 15.2. The van der Waals surface area contributed by atoms with Gasteiger partial charge in [-0.05, 0) is 25.3 Å². The Morgan fingerprint density at radius 1 is 1.58 bits per heavy atom. The summed E-state index contributed by atoms with van der Waals surface area (Å²) in [5.74, 6) is 0.847. The van der Waals surface area contributed by atoms with E-state index in [0.29, 0.717) is 6.04 Å². The summed E-state index contributed by atoms with van der Waals surface area (Å²) in [6, 6.07) is 0.443. The van der Waals surface area contributed by atoms with Gasteiger partial charge < -0.3 is 10.6 Å². The quantitative estimate of drug-likeness (QED) is 0.692. The molecule has 0 aromatic heterocycles. The van der Waals surface area contributed by atoms with Gasteiger partial charge >= 0.3 is 0 Å². The van der Waals surface area contributed by atoms with E-state index >= 15 is 0 Å². The molecule has 0 aliphatic carbocycles. The number of nitrogens with zero attached hydrogens (tertiary/aromatic N) is 1. The summed E-state index contributed by atoms with van der Waals surface area (Å²) in [4.78, 5) is 2.50. The highest BCUT2D eigenvalue weighted by Gasteiger charge is 2.19. The van der Waals surface area contributed by atoms with Gasteiger partial charge in [0.25, 0.3) is 0 Å². The maximum Gasteiger partial charge on any atom is 0.0180 e. The van der Waals surface area contributed by atoms with Crippen LogP contribution in [0.3, 0.4) is 0 Å². The Morgan fingerprint density at radius 2 is 2.33 bits per heavy atom. The standard InChI is InChI=1S/C10H22N2/c1-3-4-9(2)7-12-6-5-10(11)8-12/h9-10H,3-8,11H2,1-2H3/t9?,10-/m0/s1. The Balaban J connectivity index is 2.14. The number of likely N-dealkylation sites (tertiary alicyclic amines) is 1. The van der Waals surface area contributed by atoms with E-state index in [2.05, 4.69) is 18.7 Å². The minimum Gasteiger partial charge on any atom is -0.326 e. The van der Waals surface area contributed by atoms with Crippen molar-refractivity contribution in [2.45, 2.75) is 39.2 Å². The minimum absolute atomic E-state index is 0.443. The molecule has 12 heavy (non-hydrogen) atoms. The van der Waals surface area contributed by atoms with Gasteiger partial charge in [-0.1, -0.05) is 20.3 Å². The molecule has 2 N–H and O–H groups in total. The lowest BCUT2D eigenvalue weighted by atomic mass is 10.1. The predicted octanol–water partition coefficient (Wildman–Crippen LogP) is 1.46. The van der Waals surface area contributed by atoms with Crippen molar-refractivity contribution in [2.75, 3.05) is 19.6 Å². The van der Waals surface area contributed by atoms with Gasteiger partial charge in [0, 0.05) is 19.1 Å². The molecule has 1 fully saturated rings. The van der Waals surface area contributed by atoms with Crippen molar-refractivity contribution in [2.24, 2.45) is 11.7 Å². The highest BCUT2D eigenvalue weighted by Crippen LogP contribution is 2.12. The molecule has 1 saturated heterocycles. The van der Waals surface area contributed by atoms with Crippen LogP contribution in [0.25, 0.3) is 0 Å². The van der Waals surface area contributed by atoms with Crippen LogP contribution in [-0.4, -0.2) is 30.6 Å².